The third-order valence-electron chi connectivity index (χ3n) is 3.10. The molecule has 0 bridgehead atoms. The van der Waals surface area contributed by atoms with Gasteiger partial charge in [-0.2, -0.15) is 0 Å². The van der Waals surface area contributed by atoms with E-state index in [2.05, 4.69) is 4.72 Å². The van der Waals surface area contributed by atoms with Gasteiger partial charge in [0.25, 0.3) is 0 Å². The zero-order chi connectivity index (χ0) is 17.3. The minimum absolute atomic E-state index is 0.0604. The topological polar surface area (TPSA) is 86.7 Å². The van der Waals surface area contributed by atoms with Crippen LogP contribution in [0.1, 0.15) is 25.3 Å². The second-order valence-corrected chi connectivity index (χ2v) is 6.98. The van der Waals surface area contributed by atoms with Crippen molar-refractivity contribution in [3.8, 4) is 0 Å². The molecule has 0 fully saturated rings. The average Bonchev–Trinajstić information content (AvgIpc) is 2.49. The van der Waals surface area contributed by atoms with Crippen molar-refractivity contribution in [2.24, 2.45) is 0 Å². The first-order valence-corrected chi connectivity index (χ1v) is 9.40. The summed E-state index contributed by atoms with van der Waals surface area (Å²) >= 11 is 0. The summed E-state index contributed by atoms with van der Waals surface area (Å²) in [6, 6.07) is 6.71. The Kier molecular flexibility index (Phi) is 7.77. The largest absolute Gasteiger partial charge is 0.395 e. The summed E-state index contributed by atoms with van der Waals surface area (Å²) in [7, 11) is -3.29. The molecule has 0 radical (unpaired) electrons. The molecule has 7 heteroatoms. The number of benzene rings is 1. The number of aliphatic hydroxyl groups excluding tert-OH is 1. The first-order chi connectivity index (χ1) is 10.9. The van der Waals surface area contributed by atoms with Gasteiger partial charge in [-0.3, -0.25) is 9.52 Å². The van der Waals surface area contributed by atoms with Crippen LogP contribution in [0.2, 0.25) is 0 Å². The van der Waals surface area contributed by atoms with Crippen LogP contribution in [-0.2, 0) is 14.8 Å². The fourth-order valence-electron chi connectivity index (χ4n) is 1.95. The van der Waals surface area contributed by atoms with Gasteiger partial charge < -0.3 is 10.0 Å². The molecule has 0 aromatic heterocycles. The molecular formula is C16H24N2O4S. The predicted octanol–water partition coefficient (Wildman–Crippen LogP) is 1.69. The van der Waals surface area contributed by atoms with Gasteiger partial charge in [-0.25, -0.2) is 8.42 Å². The van der Waals surface area contributed by atoms with Crippen molar-refractivity contribution in [1.29, 1.82) is 0 Å². The van der Waals surface area contributed by atoms with Crippen molar-refractivity contribution >= 4 is 27.7 Å². The molecule has 0 heterocycles. The number of amides is 1. The summed E-state index contributed by atoms with van der Waals surface area (Å²) < 4.78 is 24.6. The fourth-order valence-corrected chi connectivity index (χ4v) is 2.52. The standard InChI is InChI=1S/C16H24N2O4S/c1-3-4-11-18(12-13-19)16(20)10-7-14-5-8-15(9-6-14)17-23(2,21)22/h5-10,17,19H,3-4,11-13H2,1-2H3/b10-7+. The van der Waals surface area contributed by atoms with Gasteiger partial charge in [0.15, 0.2) is 0 Å². The van der Waals surface area contributed by atoms with E-state index in [1.165, 1.54) is 6.08 Å². The summed E-state index contributed by atoms with van der Waals surface area (Å²) in [5.41, 5.74) is 1.26. The van der Waals surface area contributed by atoms with Gasteiger partial charge in [0.1, 0.15) is 0 Å². The number of aliphatic hydroxyl groups is 1. The number of unbranched alkanes of at least 4 members (excludes halogenated alkanes) is 1. The Morgan fingerprint density at radius 3 is 2.43 bits per heavy atom. The summed E-state index contributed by atoms with van der Waals surface area (Å²) in [6.07, 6.45) is 6.10. The van der Waals surface area contributed by atoms with Crippen LogP contribution in [-0.4, -0.2) is 50.3 Å². The minimum atomic E-state index is -3.29. The second-order valence-electron chi connectivity index (χ2n) is 5.23. The number of nitrogens with zero attached hydrogens (tertiary/aromatic N) is 1. The molecule has 0 saturated heterocycles. The van der Waals surface area contributed by atoms with E-state index in [-0.39, 0.29) is 12.5 Å². The van der Waals surface area contributed by atoms with Crippen LogP contribution in [0.15, 0.2) is 30.3 Å². The molecule has 1 amide bonds. The Balaban J connectivity index is 2.69. The number of rotatable bonds is 9. The van der Waals surface area contributed by atoms with Crippen molar-refractivity contribution in [3.63, 3.8) is 0 Å². The van der Waals surface area contributed by atoms with E-state index in [0.29, 0.717) is 18.8 Å². The number of sulfonamides is 1. The number of carbonyl (C=O) groups is 1. The van der Waals surface area contributed by atoms with Crippen LogP contribution in [0.25, 0.3) is 6.08 Å². The summed E-state index contributed by atoms with van der Waals surface area (Å²) in [6.45, 7) is 2.93. The van der Waals surface area contributed by atoms with Gasteiger partial charge in [-0.05, 0) is 30.2 Å². The highest BCUT2D eigenvalue weighted by Crippen LogP contribution is 2.12. The van der Waals surface area contributed by atoms with Crippen LogP contribution < -0.4 is 4.72 Å². The first kappa shape index (κ1) is 19.2. The number of hydrogen-bond donors (Lipinski definition) is 2. The molecule has 0 aliphatic carbocycles. The minimum Gasteiger partial charge on any atom is -0.395 e. The lowest BCUT2D eigenvalue weighted by atomic mass is 10.2. The van der Waals surface area contributed by atoms with Crippen molar-refractivity contribution in [1.82, 2.24) is 4.90 Å². The lowest BCUT2D eigenvalue weighted by Gasteiger charge is -2.19. The van der Waals surface area contributed by atoms with Crippen LogP contribution in [0, 0.1) is 0 Å². The summed E-state index contributed by atoms with van der Waals surface area (Å²) in [5.74, 6) is -0.147. The van der Waals surface area contributed by atoms with Crippen molar-refractivity contribution in [3.05, 3.63) is 35.9 Å². The summed E-state index contributed by atoms with van der Waals surface area (Å²) in [4.78, 5) is 13.7. The third-order valence-corrected chi connectivity index (χ3v) is 3.70. The smallest absolute Gasteiger partial charge is 0.246 e. The molecule has 1 aromatic carbocycles. The Bertz CT molecular complexity index is 624. The van der Waals surface area contributed by atoms with Gasteiger partial charge in [0, 0.05) is 24.9 Å². The molecule has 0 unspecified atom stereocenters. The fraction of sp³-hybridized carbons (Fsp3) is 0.438. The van der Waals surface area contributed by atoms with Crippen LogP contribution in [0.4, 0.5) is 5.69 Å². The van der Waals surface area contributed by atoms with Crippen LogP contribution >= 0.6 is 0 Å². The molecule has 0 spiro atoms. The lowest BCUT2D eigenvalue weighted by Crippen LogP contribution is -2.33. The average molecular weight is 340 g/mol. The molecule has 2 N–H and O–H groups in total. The van der Waals surface area contributed by atoms with Gasteiger partial charge in [-0.15, -0.1) is 0 Å². The molecule has 128 valence electrons. The van der Waals surface area contributed by atoms with Gasteiger partial charge in [-0.1, -0.05) is 25.5 Å². The van der Waals surface area contributed by atoms with E-state index < -0.39 is 10.0 Å². The van der Waals surface area contributed by atoms with E-state index in [9.17, 15) is 13.2 Å². The maximum Gasteiger partial charge on any atom is 0.246 e. The highest BCUT2D eigenvalue weighted by Gasteiger charge is 2.08. The SMILES string of the molecule is CCCCN(CCO)C(=O)/C=C/c1ccc(NS(C)(=O)=O)cc1. The molecule has 23 heavy (non-hydrogen) atoms. The maximum absolute atomic E-state index is 12.1. The number of anilines is 1. The highest BCUT2D eigenvalue weighted by molar-refractivity contribution is 7.92. The van der Waals surface area contributed by atoms with Crippen LogP contribution in [0.5, 0.6) is 0 Å². The second kappa shape index (κ2) is 9.32. The Morgan fingerprint density at radius 2 is 1.91 bits per heavy atom. The molecular weight excluding hydrogens is 316 g/mol. The van der Waals surface area contributed by atoms with E-state index in [1.54, 1.807) is 35.2 Å². The van der Waals surface area contributed by atoms with Crippen LogP contribution in [0.3, 0.4) is 0 Å². The number of carbonyl (C=O) groups excluding carboxylic acids is 1. The van der Waals surface area contributed by atoms with E-state index in [4.69, 9.17) is 5.11 Å². The molecule has 0 saturated carbocycles. The Morgan fingerprint density at radius 1 is 1.26 bits per heavy atom. The highest BCUT2D eigenvalue weighted by atomic mass is 32.2. The first-order valence-electron chi connectivity index (χ1n) is 7.51. The molecule has 0 aliphatic rings. The van der Waals surface area contributed by atoms with E-state index >= 15 is 0 Å². The van der Waals surface area contributed by atoms with Gasteiger partial charge in [0.2, 0.25) is 15.9 Å². The number of nitrogens with one attached hydrogen (secondary N) is 1. The maximum atomic E-state index is 12.1. The van der Waals surface area contributed by atoms with Crippen molar-refractivity contribution in [2.45, 2.75) is 19.8 Å². The molecule has 1 rings (SSSR count). The third kappa shape index (κ3) is 7.80. The zero-order valence-corrected chi connectivity index (χ0v) is 14.3. The lowest BCUT2D eigenvalue weighted by molar-refractivity contribution is -0.126. The van der Waals surface area contributed by atoms with Gasteiger partial charge >= 0.3 is 0 Å². The van der Waals surface area contributed by atoms with Crippen molar-refractivity contribution < 1.29 is 18.3 Å². The predicted molar refractivity (Wildman–Crippen MR) is 92.5 cm³/mol. The van der Waals surface area contributed by atoms with E-state index in [1.807, 2.05) is 6.92 Å². The Hall–Kier alpha value is -1.86. The van der Waals surface area contributed by atoms with E-state index in [0.717, 1.165) is 24.7 Å². The Labute approximate surface area is 137 Å². The molecule has 1 aromatic rings. The van der Waals surface area contributed by atoms with Gasteiger partial charge in [0.05, 0.1) is 12.9 Å². The normalized spacial score (nSPS) is 11.6. The summed E-state index contributed by atoms with van der Waals surface area (Å²) in [5, 5.41) is 9.02. The molecule has 6 nitrogen and oxygen atoms in total. The number of hydrogen-bond acceptors (Lipinski definition) is 4. The molecule has 0 atom stereocenters. The zero-order valence-electron chi connectivity index (χ0n) is 13.5. The quantitative estimate of drug-likeness (QED) is 0.670. The molecule has 0 aliphatic heterocycles. The monoisotopic (exact) mass is 340 g/mol. The van der Waals surface area contributed by atoms with Crippen molar-refractivity contribution in [2.75, 3.05) is 30.7 Å².